The van der Waals surface area contributed by atoms with Crippen LogP contribution in [0.3, 0.4) is 0 Å². The highest BCUT2D eigenvalue weighted by Crippen LogP contribution is 2.38. The van der Waals surface area contributed by atoms with Crippen molar-refractivity contribution in [1.82, 2.24) is 19.7 Å². The molecule has 12 heteroatoms. The van der Waals surface area contributed by atoms with Crippen molar-refractivity contribution in [2.24, 2.45) is 7.05 Å². The van der Waals surface area contributed by atoms with Crippen molar-refractivity contribution in [2.45, 2.75) is 6.18 Å². The molecule has 0 aromatic carbocycles. The molecule has 19 heavy (non-hydrogen) atoms. The summed E-state index contributed by atoms with van der Waals surface area (Å²) in [5.74, 6) is -1.47. The quantitative estimate of drug-likeness (QED) is 0.662. The van der Waals surface area contributed by atoms with Crippen molar-refractivity contribution < 1.29 is 18.1 Å². The van der Waals surface area contributed by atoms with Crippen molar-refractivity contribution in [2.75, 3.05) is 5.73 Å². The van der Waals surface area contributed by atoms with Crippen molar-refractivity contribution >= 4 is 22.3 Å². The van der Waals surface area contributed by atoms with E-state index in [0.29, 0.717) is 4.57 Å². The van der Waals surface area contributed by atoms with Crippen LogP contribution in [0.1, 0.15) is 5.69 Å². The molecule has 0 saturated carbocycles. The van der Waals surface area contributed by atoms with Gasteiger partial charge in [0, 0.05) is 0 Å². The van der Waals surface area contributed by atoms with E-state index < -0.39 is 22.6 Å². The molecule has 8 nitrogen and oxygen atoms in total. The third kappa shape index (κ3) is 2.21. The highest BCUT2D eigenvalue weighted by atomic mass is 32.1. The van der Waals surface area contributed by atoms with E-state index >= 15 is 0 Å². The molecule has 102 valence electrons. The molecule has 2 rings (SSSR count). The fraction of sp³-hybridized carbons (Fsp3) is 0.286. The number of nitrogens with zero attached hydrogens (tertiary/aromatic N) is 5. The zero-order valence-corrected chi connectivity index (χ0v) is 9.99. The number of alkyl halides is 3. The van der Waals surface area contributed by atoms with Crippen LogP contribution in [-0.2, 0) is 13.2 Å². The van der Waals surface area contributed by atoms with Crippen LogP contribution >= 0.6 is 11.3 Å². The molecule has 0 bridgehead atoms. The van der Waals surface area contributed by atoms with Crippen LogP contribution in [0.5, 0.6) is 0 Å². The highest BCUT2D eigenvalue weighted by Gasteiger charge is 2.44. The maximum absolute atomic E-state index is 12.7. The summed E-state index contributed by atoms with van der Waals surface area (Å²) in [5.41, 5.74) is 3.73. The first-order valence-electron chi connectivity index (χ1n) is 4.59. The second-order valence-corrected chi connectivity index (χ2v) is 4.38. The number of hydrogen-bond acceptors (Lipinski definition) is 7. The van der Waals surface area contributed by atoms with E-state index in [0.717, 1.165) is 18.4 Å². The molecule has 2 aromatic heterocycles. The summed E-state index contributed by atoms with van der Waals surface area (Å²) in [6.07, 6.45) is -4.94. The molecule has 0 aliphatic carbocycles. The van der Waals surface area contributed by atoms with Gasteiger partial charge in [-0.15, -0.1) is 10.2 Å². The third-order valence-electron chi connectivity index (χ3n) is 2.14. The van der Waals surface area contributed by atoms with Crippen LogP contribution in [0.25, 0.3) is 10.8 Å². The Bertz CT molecular complexity index is 648. The lowest BCUT2D eigenvalue weighted by molar-refractivity contribution is -0.394. The van der Waals surface area contributed by atoms with Gasteiger partial charge >= 0.3 is 12.0 Å². The van der Waals surface area contributed by atoms with Crippen LogP contribution in [0.15, 0.2) is 0 Å². The number of anilines is 1. The molecule has 2 N–H and O–H groups in total. The lowest BCUT2D eigenvalue weighted by Gasteiger charge is -2.02. The van der Waals surface area contributed by atoms with Gasteiger partial charge in [0.15, 0.2) is 0 Å². The number of rotatable bonds is 2. The zero-order valence-electron chi connectivity index (χ0n) is 9.17. The van der Waals surface area contributed by atoms with E-state index in [4.69, 9.17) is 5.73 Å². The molecular weight excluding hydrogens is 289 g/mol. The number of nitrogens with two attached hydrogens (primary N) is 1. The number of halogens is 3. The monoisotopic (exact) mass is 294 g/mol. The summed E-state index contributed by atoms with van der Waals surface area (Å²) < 4.78 is 38.8. The summed E-state index contributed by atoms with van der Waals surface area (Å²) in [6.45, 7) is 0. The first kappa shape index (κ1) is 13.2. The van der Waals surface area contributed by atoms with Gasteiger partial charge in [0.25, 0.3) is 5.82 Å². The van der Waals surface area contributed by atoms with E-state index in [-0.39, 0.29) is 16.0 Å². The van der Waals surface area contributed by atoms with Crippen molar-refractivity contribution in [3.8, 4) is 10.8 Å². The average Bonchev–Trinajstić information content (AvgIpc) is 2.80. The predicted molar refractivity (Wildman–Crippen MR) is 58.2 cm³/mol. The van der Waals surface area contributed by atoms with Gasteiger partial charge in [0.2, 0.25) is 15.8 Å². The van der Waals surface area contributed by atoms with Crippen LogP contribution < -0.4 is 5.73 Å². The molecule has 0 unspecified atom stereocenters. The standard InChI is InChI=1S/C7H5F3N6O2S/c1-15-3(4-13-14-6(11)19-4)12-2(7(8,9)10)5(15)16(17)18/h1H3,(H2,11,14). The van der Waals surface area contributed by atoms with Crippen LogP contribution in [-0.4, -0.2) is 24.7 Å². The van der Waals surface area contributed by atoms with Gasteiger partial charge in [-0.1, -0.05) is 11.3 Å². The van der Waals surface area contributed by atoms with Crippen molar-refractivity contribution in [3.63, 3.8) is 0 Å². The zero-order chi connectivity index (χ0) is 14.4. The predicted octanol–water partition coefficient (Wildman–Crippen LogP) is 1.45. The molecule has 0 amide bonds. The summed E-state index contributed by atoms with van der Waals surface area (Å²) in [7, 11) is 1.09. The Morgan fingerprint density at radius 1 is 1.42 bits per heavy atom. The van der Waals surface area contributed by atoms with Gasteiger partial charge in [-0.05, 0) is 4.92 Å². The molecule has 0 atom stereocenters. The Morgan fingerprint density at radius 2 is 2.05 bits per heavy atom. The third-order valence-corrected chi connectivity index (χ3v) is 2.89. The van der Waals surface area contributed by atoms with E-state index in [1.807, 2.05) is 0 Å². The maximum atomic E-state index is 12.7. The fourth-order valence-corrected chi connectivity index (χ4v) is 2.04. The summed E-state index contributed by atoms with van der Waals surface area (Å²) in [6, 6.07) is 0. The first-order chi connectivity index (χ1) is 8.71. The smallest absolute Gasteiger partial charge is 0.374 e. The molecule has 0 saturated heterocycles. The SMILES string of the molecule is Cn1c(-c2nnc(N)s2)nc(C(F)(F)F)c1[N+](=O)[O-]. The van der Waals surface area contributed by atoms with Gasteiger partial charge in [0.05, 0.1) is 7.05 Å². The topological polar surface area (TPSA) is 113 Å². The minimum atomic E-state index is -4.94. The molecule has 0 aliphatic heterocycles. The fourth-order valence-electron chi connectivity index (χ4n) is 1.41. The number of nitro groups is 1. The molecule has 0 spiro atoms. The molecule has 0 radical (unpaired) electrons. The van der Waals surface area contributed by atoms with E-state index in [1.165, 1.54) is 0 Å². The average molecular weight is 294 g/mol. The lowest BCUT2D eigenvalue weighted by Crippen LogP contribution is -2.10. The summed E-state index contributed by atoms with van der Waals surface area (Å²) in [4.78, 5) is 12.8. The molecular formula is C7H5F3N6O2S. The molecule has 2 aromatic rings. The van der Waals surface area contributed by atoms with E-state index in [9.17, 15) is 23.3 Å². The van der Waals surface area contributed by atoms with Gasteiger partial charge in [0.1, 0.15) is 0 Å². The molecule has 0 fully saturated rings. The second-order valence-electron chi connectivity index (χ2n) is 3.37. The largest absolute Gasteiger partial charge is 0.441 e. The number of hydrogen-bond donors (Lipinski definition) is 1. The Kier molecular flexibility index (Phi) is 2.88. The van der Waals surface area contributed by atoms with E-state index in [1.54, 1.807) is 0 Å². The van der Waals surface area contributed by atoms with E-state index in [2.05, 4.69) is 15.2 Å². The Hall–Kier alpha value is -2.24. The Labute approximate surface area is 106 Å². The van der Waals surface area contributed by atoms with Crippen LogP contribution in [0.4, 0.5) is 24.1 Å². The summed E-state index contributed by atoms with van der Waals surface area (Å²) in [5, 5.41) is 17.7. The molecule has 2 heterocycles. The van der Waals surface area contributed by atoms with Crippen molar-refractivity contribution in [1.29, 1.82) is 0 Å². The van der Waals surface area contributed by atoms with Gasteiger partial charge in [-0.25, -0.2) is 4.57 Å². The normalized spacial score (nSPS) is 11.8. The lowest BCUT2D eigenvalue weighted by atomic mass is 10.4. The number of aromatic nitrogens is 4. The molecule has 0 aliphatic rings. The summed E-state index contributed by atoms with van der Waals surface area (Å²) >= 11 is 0.782. The number of imidazole rings is 1. The minimum Gasteiger partial charge on any atom is -0.374 e. The first-order valence-corrected chi connectivity index (χ1v) is 5.41. The van der Waals surface area contributed by atoms with Crippen LogP contribution in [0.2, 0.25) is 0 Å². The van der Waals surface area contributed by atoms with Gasteiger partial charge in [-0.3, -0.25) is 0 Å². The number of nitrogen functional groups attached to an aromatic ring is 1. The van der Waals surface area contributed by atoms with Gasteiger partial charge < -0.3 is 15.8 Å². The van der Waals surface area contributed by atoms with Crippen molar-refractivity contribution in [3.05, 3.63) is 15.8 Å². The van der Waals surface area contributed by atoms with Gasteiger partial charge in [-0.2, -0.15) is 18.2 Å². The minimum absolute atomic E-state index is 0.0224. The highest BCUT2D eigenvalue weighted by molar-refractivity contribution is 7.18. The Morgan fingerprint density at radius 3 is 2.42 bits per heavy atom. The Balaban J connectivity index is 2.69. The second kappa shape index (κ2) is 4.15. The van der Waals surface area contributed by atoms with Crippen LogP contribution in [0, 0.1) is 10.1 Å². The maximum Gasteiger partial charge on any atom is 0.441 e.